The second-order valence-electron chi connectivity index (χ2n) is 12.1. The van der Waals surface area contributed by atoms with Crippen LogP contribution in [0, 0.1) is 32.5 Å². The Morgan fingerprint density at radius 2 is 1.83 bits per heavy atom. The summed E-state index contributed by atoms with van der Waals surface area (Å²) < 4.78 is 67.3. The molecule has 0 saturated carbocycles. The van der Waals surface area contributed by atoms with Gasteiger partial charge in [-0.05, 0) is 100 Å². The molecule has 2 heterocycles. The van der Waals surface area contributed by atoms with Crippen LogP contribution in [-0.4, -0.2) is 47.7 Å². The van der Waals surface area contributed by atoms with E-state index in [1.165, 1.54) is 24.4 Å². The quantitative estimate of drug-likeness (QED) is 0.176. The molecule has 0 aliphatic carbocycles. The van der Waals surface area contributed by atoms with E-state index in [9.17, 15) is 18.0 Å². The molecule has 3 aromatic carbocycles. The summed E-state index contributed by atoms with van der Waals surface area (Å²) >= 11 is 6.31. The fourth-order valence-corrected chi connectivity index (χ4v) is 5.93. The summed E-state index contributed by atoms with van der Waals surface area (Å²) in [6.07, 6.45) is -2.08. The number of anilines is 3. The summed E-state index contributed by atoms with van der Waals surface area (Å²) in [5.41, 5.74) is 1.77. The Kier molecular flexibility index (Phi) is 10.7. The third-order valence-corrected chi connectivity index (χ3v) is 8.39. The van der Waals surface area contributed by atoms with Crippen molar-refractivity contribution in [1.29, 1.82) is 0 Å². The van der Waals surface area contributed by atoms with Crippen LogP contribution in [0.2, 0.25) is 5.02 Å². The van der Waals surface area contributed by atoms with Gasteiger partial charge >= 0.3 is 12.3 Å². The van der Waals surface area contributed by atoms with Gasteiger partial charge in [0, 0.05) is 35.4 Å². The van der Waals surface area contributed by atoms with Gasteiger partial charge in [-0.25, -0.2) is 14.2 Å². The number of nitrogens with zero attached hydrogens (tertiary/aromatic N) is 4. The molecule has 1 aromatic heterocycles. The maximum Gasteiger partial charge on any atom is 0.421 e. The maximum absolute atomic E-state index is 15.0. The predicted octanol–water partition coefficient (Wildman–Crippen LogP) is 8.88. The standard InChI is InChI=1S/C35H36ClF4N5O3/c1-21-14-22(2)32(23(3)15-21)48-34(46)45(19-25-16-26(35(38,39)40)7-9-28(25)36)31-11-12-41-33(43-31)42-27-8-10-30(29(37)17-27)47-20-24-6-5-13-44(4)18-24/h7-12,14-17,24H,5-6,13,18-20H2,1-4H3,(H,41,42,43). The lowest BCUT2D eigenvalue weighted by Crippen LogP contribution is -2.34. The number of piperidine rings is 1. The van der Waals surface area contributed by atoms with Crippen LogP contribution >= 0.6 is 11.6 Å². The summed E-state index contributed by atoms with van der Waals surface area (Å²) in [7, 11) is 2.05. The molecule has 48 heavy (non-hydrogen) atoms. The van der Waals surface area contributed by atoms with Crippen molar-refractivity contribution in [2.45, 2.75) is 46.3 Å². The largest absolute Gasteiger partial charge is 0.490 e. The molecule has 1 aliphatic rings. The van der Waals surface area contributed by atoms with Crippen molar-refractivity contribution in [3.8, 4) is 11.5 Å². The Balaban J connectivity index is 1.40. The van der Waals surface area contributed by atoms with Crippen LogP contribution in [0.5, 0.6) is 11.5 Å². The first-order chi connectivity index (χ1) is 22.8. The molecule has 1 amide bonds. The van der Waals surface area contributed by atoms with E-state index in [0.717, 1.165) is 54.6 Å². The summed E-state index contributed by atoms with van der Waals surface area (Å²) in [5, 5.41) is 2.94. The minimum Gasteiger partial charge on any atom is -0.490 e. The van der Waals surface area contributed by atoms with Crippen molar-refractivity contribution in [2.75, 3.05) is 37.0 Å². The molecule has 1 N–H and O–H groups in total. The lowest BCUT2D eigenvalue weighted by Gasteiger charge is -2.29. The smallest absolute Gasteiger partial charge is 0.421 e. The van der Waals surface area contributed by atoms with Crippen LogP contribution in [0.4, 0.5) is 39.8 Å². The van der Waals surface area contributed by atoms with Gasteiger partial charge in [0.1, 0.15) is 11.6 Å². The molecule has 1 atom stereocenters. The van der Waals surface area contributed by atoms with E-state index in [2.05, 4.69) is 27.2 Å². The minimum atomic E-state index is -4.63. The topological polar surface area (TPSA) is 79.8 Å². The van der Waals surface area contributed by atoms with Crippen molar-refractivity contribution in [3.05, 3.63) is 99.5 Å². The Bertz CT molecular complexity index is 1760. The Hall–Kier alpha value is -4.42. The Morgan fingerprint density at radius 1 is 1.08 bits per heavy atom. The van der Waals surface area contributed by atoms with Crippen molar-refractivity contribution < 1.29 is 31.8 Å². The molecule has 1 saturated heterocycles. The van der Waals surface area contributed by atoms with Crippen LogP contribution in [-0.2, 0) is 12.7 Å². The molecular formula is C35H36ClF4N5O3. The first kappa shape index (κ1) is 34.9. The van der Waals surface area contributed by atoms with Crippen molar-refractivity contribution >= 4 is 35.1 Å². The number of ether oxygens (including phenoxy) is 2. The van der Waals surface area contributed by atoms with Crippen LogP contribution < -0.4 is 19.7 Å². The van der Waals surface area contributed by atoms with Gasteiger partial charge < -0.3 is 19.7 Å². The zero-order valence-electron chi connectivity index (χ0n) is 27.0. The van der Waals surface area contributed by atoms with Crippen molar-refractivity contribution in [1.82, 2.24) is 14.9 Å². The number of carbonyl (C=O) groups is 1. The molecule has 13 heteroatoms. The molecule has 4 aromatic rings. The number of aromatic nitrogens is 2. The van der Waals surface area contributed by atoms with E-state index in [-0.39, 0.29) is 28.1 Å². The maximum atomic E-state index is 15.0. The average molecular weight is 686 g/mol. The zero-order chi connectivity index (χ0) is 34.6. The minimum absolute atomic E-state index is 0.00134. The summed E-state index contributed by atoms with van der Waals surface area (Å²) in [6.45, 7) is 7.41. The molecule has 254 valence electrons. The monoisotopic (exact) mass is 685 g/mol. The second kappa shape index (κ2) is 14.8. The number of aryl methyl sites for hydroxylation is 3. The van der Waals surface area contributed by atoms with E-state index in [1.54, 1.807) is 19.9 Å². The van der Waals surface area contributed by atoms with E-state index in [0.29, 0.717) is 35.1 Å². The number of nitrogens with one attached hydrogen (secondary N) is 1. The van der Waals surface area contributed by atoms with Crippen LogP contribution in [0.15, 0.2) is 60.8 Å². The molecule has 0 bridgehead atoms. The fraction of sp³-hybridized carbons (Fsp3) is 0.343. The van der Waals surface area contributed by atoms with Gasteiger partial charge in [0.25, 0.3) is 0 Å². The molecule has 5 rings (SSSR count). The lowest BCUT2D eigenvalue weighted by atomic mass is 10.00. The second-order valence-corrected chi connectivity index (χ2v) is 12.5. The highest BCUT2D eigenvalue weighted by atomic mass is 35.5. The first-order valence-corrected chi connectivity index (χ1v) is 15.8. The number of benzene rings is 3. The number of halogens is 5. The zero-order valence-corrected chi connectivity index (χ0v) is 27.8. The third-order valence-electron chi connectivity index (χ3n) is 8.02. The molecule has 1 unspecified atom stereocenters. The molecule has 1 fully saturated rings. The summed E-state index contributed by atoms with van der Waals surface area (Å²) in [5.74, 6) is 0.182. The highest BCUT2D eigenvalue weighted by molar-refractivity contribution is 6.31. The third kappa shape index (κ3) is 8.73. The van der Waals surface area contributed by atoms with Gasteiger partial charge in [0.05, 0.1) is 18.7 Å². The number of hydrogen-bond acceptors (Lipinski definition) is 7. The molecule has 1 aliphatic heterocycles. The number of alkyl halides is 3. The molecule has 0 radical (unpaired) electrons. The number of amides is 1. The normalized spacial score (nSPS) is 15.2. The van der Waals surface area contributed by atoms with E-state index < -0.39 is 30.2 Å². The van der Waals surface area contributed by atoms with Gasteiger partial charge in [0.15, 0.2) is 11.6 Å². The van der Waals surface area contributed by atoms with Crippen molar-refractivity contribution in [2.24, 2.45) is 5.92 Å². The van der Waals surface area contributed by atoms with Crippen LogP contribution in [0.3, 0.4) is 0 Å². The van der Waals surface area contributed by atoms with Gasteiger partial charge in [-0.2, -0.15) is 18.2 Å². The number of rotatable bonds is 9. The fourth-order valence-electron chi connectivity index (χ4n) is 5.75. The summed E-state index contributed by atoms with van der Waals surface area (Å²) in [6, 6.07) is 12.3. The van der Waals surface area contributed by atoms with E-state index in [4.69, 9.17) is 21.1 Å². The highest BCUT2D eigenvalue weighted by Crippen LogP contribution is 2.34. The summed E-state index contributed by atoms with van der Waals surface area (Å²) in [4.78, 5) is 25.6. The molecule has 0 spiro atoms. The van der Waals surface area contributed by atoms with Crippen LogP contribution in [0.1, 0.15) is 40.7 Å². The predicted molar refractivity (Wildman–Crippen MR) is 177 cm³/mol. The number of carbonyl (C=O) groups excluding carboxylic acids is 1. The highest BCUT2D eigenvalue weighted by Gasteiger charge is 2.32. The first-order valence-electron chi connectivity index (χ1n) is 15.4. The van der Waals surface area contributed by atoms with Gasteiger partial charge in [-0.15, -0.1) is 0 Å². The molecular weight excluding hydrogens is 650 g/mol. The van der Waals surface area contributed by atoms with E-state index >= 15 is 4.39 Å². The molecule has 8 nitrogen and oxygen atoms in total. The van der Waals surface area contributed by atoms with Gasteiger partial charge in [0.2, 0.25) is 5.95 Å². The average Bonchev–Trinajstić information content (AvgIpc) is 3.01. The van der Waals surface area contributed by atoms with Crippen LogP contribution in [0.25, 0.3) is 0 Å². The lowest BCUT2D eigenvalue weighted by molar-refractivity contribution is -0.137. The van der Waals surface area contributed by atoms with Crippen molar-refractivity contribution in [3.63, 3.8) is 0 Å². The number of hydrogen-bond donors (Lipinski definition) is 1. The Labute approximate surface area is 281 Å². The Morgan fingerprint density at radius 3 is 2.52 bits per heavy atom. The SMILES string of the molecule is Cc1cc(C)c(OC(=O)N(Cc2cc(C(F)(F)F)ccc2Cl)c2ccnc(Nc3ccc(OCC4CCCN(C)C4)c(F)c3)n2)c(C)c1. The van der Waals surface area contributed by atoms with E-state index in [1.807, 2.05) is 19.1 Å². The van der Waals surface area contributed by atoms with Gasteiger partial charge in [-0.1, -0.05) is 29.3 Å². The van der Waals surface area contributed by atoms with Gasteiger partial charge in [-0.3, -0.25) is 4.90 Å². The number of likely N-dealkylation sites (tertiary alicyclic amines) is 1.